The molecular weight excluding hydrogens is 318 g/mol. The van der Waals surface area contributed by atoms with Crippen LogP contribution < -0.4 is 10.6 Å². The van der Waals surface area contributed by atoms with E-state index in [4.69, 9.17) is 0 Å². The van der Waals surface area contributed by atoms with Crippen molar-refractivity contribution in [2.45, 2.75) is 24.3 Å². The van der Waals surface area contributed by atoms with Crippen molar-refractivity contribution in [2.24, 2.45) is 0 Å². The predicted molar refractivity (Wildman–Crippen MR) is 99.5 cm³/mol. The molecule has 128 valence electrons. The highest BCUT2D eigenvalue weighted by Crippen LogP contribution is 2.47. The van der Waals surface area contributed by atoms with Crippen LogP contribution in [0.3, 0.4) is 0 Å². The molecule has 0 bridgehead atoms. The summed E-state index contributed by atoms with van der Waals surface area (Å²) in [6, 6.07) is 14.8. The molecule has 1 heterocycles. The zero-order valence-corrected chi connectivity index (χ0v) is 15.1. The molecule has 4 nitrogen and oxygen atoms in total. The zero-order chi connectivity index (χ0) is 17.0. The fourth-order valence-corrected chi connectivity index (χ4v) is 3.95. The van der Waals surface area contributed by atoms with Gasteiger partial charge in [0.15, 0.2) is 0 Å². The number of likely N-dealkylation sites (N-methyl/N-ethyl adjacent to an activating group) is 1. The van der Waals surface area contributed by atoms with Gasteiger partial charge in [-0.1, -0.05) is 36.4 Å². The average Bonchev–Trinajstić information content (AvgIpc) is 3.20. The van der Waals surface area contributed by atoms with E-state index < -0.39 is 0 Å². The van der Waals surface area contributed by atoms with E-state index in [9.17, 15) is 4.79 Å². The largest absolute Gasteiger partial charge is 0.337 e. The zero-order valence-electron chi connectivity index (χ0n) is 14.3. The summed E-state index contributed by atoms with van der Waals surface area (Å²) in [6.45, 7) is 1.31. The van der Waals surface area contributed by atoms with Gasteiger partial charge < -0.3 is 15.5 Å². The van der Waals surface area contributed by atoms with Crippen LogP contribution in [0.4, 0.5) is 4.79 Å². The standard InChI is InChI=1S/C19H25N3OS/c1-22(2)16(17-9-6-12-24-17)13-20-18(23)21-14-19(10-11-19)15-7-4-3-5-8-15/h3-9,12,16H,10-11,13-14H2,1-2H3,(H2,20,21,23). The van der Waals surface area contributed by atoms with Gasteiger partial charge in [-0.3, -0.25) is 0 Å². The van der Waals surface area contributed by atoms with Crippen molar-refractivity contribution in [3.63, 3.8) is 0 Å². The molecule has 0 spiro atoms. The Morgan fingerprint density at radius 2 is 1.92 bits per heavy atom. The lowest BCUT2D eigenvalue weighted by Gasteiger charge is -2.24. The molecule has 1 aliphatic carbocycles. The Balaban J connectivity index is 1.49. The number of carbonyl (C=O) groups excluding carboxylic acids is 1. The van der Waals surface area contributed by atoms with Gasteiger partial charge in [-0.15, -0.1) is 11.3 Å². The molecule has 1 aromatic heterocycles. The molecule has 0 radical (unpaired) electrons. The Morgan fingerprint density at radius 3 is 2.50 bits per heavy atom. The summed E-state index contributed by atoms with van der Waals surface area (Å²) in [6.07, 6.45) is 2.29. The van der Waals surface area contributed by atoms with E-state index >= 15 is 0 Å². The number of benzene rings is 1. The molecule has 1 aliphatic rings. The summed E-state index contributed by atoms with van der Waals surface area (Å²) in [7, 11) is 4.08. The number of amides is 2. The van der Waals surface area contributed by atoms with Crippen LogP contribution >= 0.6 is 11.3 Å². The number of hydrogen-bond acceptors (Lipinski definition) is 3. The third kappa shape index (κ3) is 3.97. The van der Waals surface area contributed by atoms with Gasteiger partial charge in [0.1, 0.15) is 0 Å². The molecule has 3 rings (SSSR count). The fourth-order valence-electron chi connectivity index (χ4n) is 3.03. The second-order valence-electron chi connectivity index (χ2n) is 6.70. The summed E-state index contributed by atoms with van der Waals surface area (Å²) in [4.78, 5) is 15.6. The van der Waals surface area contributed by atoms with E-state index in [2.05, 4.69) is 51.2 Å². The predicted octanol–water partition coefficient (Wildman–Crippen LogP) is 3.38. The van der Waals surface area contributed by atoms with Gasteiger partial charge in [-0.05, 0) is 43.9 Å². The number of hydrogen-bond donors (Lipinski definition) is 2. The van der Waals surface area contributed by atoms with Gasteiger partial charge in [0.25, 0.3) is 0 Å². The van der Waals surface area contributed by atoms with E-state index in [0.29, 0.717) is 13.1 Å². The number of nitrogens with zero attached hydrogens (tertiary/aromatic N) is 1. The Morgan fingerprint density at radius 1 is 1.17 bits per heavy atom. The topological polar surface area (TPSA) is 44.4 Å². The first kappa shape index (κ1) is 17.0. The molecule has 2 N–H and O–H groups in total. The molecule has 1 fully saturated rings. The first-order valence-electron chi connectivity index (χ1n) is 8.38. The monoisotopic (exact) mass is 343 g/mol. The number of nitrogens with one attached hydrogen (secondary N) is 2. The Kier molecular flexibility index (Phi) is 5.21. The second-order valence-corrected chi connectivity index (χ2v) is 7.68. The van der Waals surface area contributed by atoms with Gasteiger partial charge in [0.2, 0.25) is 0 Å². The second kappa shape index (κ2) is 7.36. The van der Waals surface area contributed by atoms with Crippen LogP contribution in [-0.4, -0.2) is 38.1 Å². The Hall–Kier alpha value is -1.85. The van der Waals surface area contributed by atoms with Crippen molar-refractivity contribution in [2.75, 3.05) is 27.2 Å². The first-order chi connectivity index (χ1) is 11.6. The highest BCUT2D eigenvalue weighted by Gasteiger charge is 2.44. The summed E-state index contributed by atoms with van der Waals surface area (Å²) in [5.74, 6) is 0. The third-order valence-corrected chi connectivity index (χ3v) is 5.75. The highest BCUT2D eigenvalue weighted by atomic mass is 32.1. The molecule has 1 atom stereocenters. The van der Waals surface area contributed by atoms with Gasteiger partial charge in [-0.2, -0.15) is 0 Å². The number of carbonyl (C=O) groups is 1. The molecule has 2 aromatic rings. The van der Waals surface area contributed by atoms with Crippen molar-refractivity contribution >= 4 is 17.4 Å². The third-order valence-electron chi connectivity index (χ3n) is 4.78. The lowest BCUT2D eigenvalue weighted by atomic mass is 9.96. The van der Waals surface area contributed by atoms with Crippen LogP contribution in [0.25, 0.3) is 0 Å². The molecule has 2 amide bonds. The fraction of sp³-hybridized carbons (Fsp3) is 0.421. The minimum absolute atomic E-state index is 0.0828. The Labute approximate surface area is 147 Å². The number of urea groups is 1. The minimum Gasteiger partial charge on any atom is -0.337 e. The van der Waals surface area contributed by atoms with Crippen LogP contribution in [0.15, 0.2) is 47.8 Å². The van der Waals surface area contributed by atoms with Crippen LogP contribution in [0, 0.1) is 0 Å². The maximum absolute atomic E-state index is 12.2. The molecule has 0 aliphatic heterocycles. The summed E-state index contributed by atoms with van der Waals surface area (Å²) in [5.41, 5.74) is 1.47. The highest BCUT2D eigenvalue weighted by molar-refractivity contribution is 7.10. The maximum atomic E-state index is 12.2. The normalized spacial score (nSPS) is 16.6. The smallest absolute Gasteiger partial charge is 0.314 e. The van der Waals surface area contributed by atoms with Crippen molar-refractivity contribution in [1.29, 1.82) is 0 Å². The molecule has 1 saturated carbocycles. The molecule has 0 saturated heterocycles. The number of thiophene rings is 1. The van der Waals surface area contributed by atoms with E-state index in [-0.39, 0.29) is 17.5 Å². The van der Waals surface area contributed by atoms with Crippen LogP contribution in [-0.2, 0) is 5.41 Å². The summed E-state index contributed by atoms with van der Waals surface area (Å²) >= 11 is 1.72. The average molecular weight is 343 g/mol. The van der Waals surface area contributed by atoms with E-state index in [0.717, 1.165) is 12.8 Å². The van der Waals surface area contributed by atoms with Gasteiger partial charge in [-0.25, -0.2) is 4.79 Å². The van der Waals surface area contributed by atoms with E-state index in [1.54, 1.807) is 11.3 Å². The molecule has 1 unspecified atom stereocenters. The van der Waals surface area contributed by atoms with Crippen LogP contribution in [0.1, 0.15) is 29.3 Å². The molecule has 1 aromatic carbocycles. The number of rotatable bonds is 7. The molecular formula is C19H25N3OS. The van der Waals surface area contributed by atoms with Gasteiger partial charge in [0, 0.05) is 23.4 Å². The lowest BCUT2D eigenvalue weighted by Crippen LogP contribution is -2.43. The van der Waals surface area contributed by atoms with Crippen LogP contribution in [0.5, 0.6) is 0 Å². The summed E-state index contributed by atoms with van der Waals surface area (Å²) < 4.78 is 0. The van der Waals surface area contributed by atoms with E-state index in [1.807, 2.05) is 26.2 Å². The van der Waals surface area contributed by atoms with E-state index in [1.165, 1.54) is 10.4 Å². The maximum Gasteiger partial charge on any atom is 0.314 e. The quantitative estimate of drug-likeness (QED) is 0.809. The molecule has 24 heavy (non-hydrogen) atoms. The van der Waals surface area contributed by atoms with Gasteiger partial charge in [0.05, 0.1) is 6.04 Å². The minimum atomic E-state index is -0.0828. The van der Waals surface area contributed by atoms with Crippen LogP contribution in [0.2, 0.25) is 0 Å². The van der Waals surface area contributed by atoms with Crippen molar-refractivity contribution in [1.82, 2.24) is 15.5 Å². The van der Waals surface area contributed by atoms with Crippen molar-refractivity contribution < 1.29 is 4.79 Å². The summed E-state index contributed by atoms with van der Waals surface area (Å²) in [5, 5.41) is 8.15. The molecule has 5 heteroatoms. The Bertz CT molecular complexity index is 651. The SMILES string of the molecule is CN(C)C(CNC(=O)NCC1(c2ccccc2)CC1)c1cccs1. The first-order valence-corrected chi connectivity index (χ1v) is 9.26. The van der Waals surface area contributed by atoms with Crippen molar-refractivity contribution in [3.8, 4) is 0 Å². The van der Waals surface area contributed by atoms with Crippen molar-refractivity contribution in [3.05, 3.63) is 58.3 Å². The van der Waals surface area contributed by atoms with Gasteiger partial charge >= 0.3 is 6.03 Å². The lowest BCUT2D eigenvalue weighted by molar-refractivity contribution is 0.232.